The molecule has 8 rings (SSSR count). The average molecular weight is 675 g/mol. The first-order valence-electron chi connectivity index (χ1n) is 19.2. The summed E-state index contributed by atoms with van der Waals surface area (Å²) < 4.78 is 23.1. The molecule has 8 heteroatoms. The molecule has 7 saturated carbocycles. The lowest BCUT2D eigenvalue weighted by molar-refractivity contribution is -0.163. The van der Waals surface area contributed by atoms with Crippen LogP contribution in [0.3, 0.4) is 0 Å². The fraction of sp³-hybridized carbons (Fsp3) is 0.756. The van der Waals surface area contributed by atoms with E-state index >= 15 is 0 Å². The van der Waals surface area contributed by atoms with E-state index in [1.807, 2.05) is 0 Å². The molecule has 6 bridgehead atoms. The van der Waals surface area contributed by atoms with E-state index in [0.29, 0.717) is 103 Å². The number of hydrogen-bond acceptors (Lipinski definition) is 8. The summed E-state index contributed by atoms with van der Waals surface area (Å²) in [5.41, 5.74) is 1.65. The maximum Gasteiger partial charge on any atom is 0.333 e. The monoisotopic (exact) mass is 674 g/mol. The Hall–Kier alpha value is -2.90. The summed E-state index contributed by atoms with van der Waals surface area (Å²) in [5, 5.41) is 0. The van der Waals surface area contributed by atoms with Gasteiger partial charge in [-0.15, -0.1) is 0 Å². The van der Waals surface area contributed by atoms with Gasteiger partial charge in [0.05, 0.1) is 38.3 Å². The molecular weight excluding hydrogens is 620 g/mol. The van der Waals surface area contributed by atoms with Gasteiger partial charge in [-0.3, -0.25) is 9.59 Å². The van der Waals surface area contributed by atoms with Gasteiger partial charge in [-0.05, 0) is 154 Å². The van der Waals surface area contributed by atoms with Crippen LogP contribution in [0.25, 0.3) is 0 Å². The number of carbonyl (C=O) groups is 4. The van der Waals surface area contributed by atoms with Crippen molar-refractivity contribution in [3.63, 3.8) is 0 Å². The molecule has 8 aliphatic rings. The molecule has 0 spiro atoms. The Bertz CT molecular complexity index is 1430. The van der Waals surface area contributed by atoms with E-state index in [9.17, 15) is 19.2 Å². The summed E-state index contributed by atoms with van der Waals surface area (Å²) in [6.07, 6.45) is 13.3. The highest BCUT2D eigenvalue weighted by atomic mass is 16.5. The lowest BCUT2D eigenvalue weighted by Gasteiger charge is -2.32. The predicted octanol–water partition coefficient (Wildman–Crippen LogP) is 6.35. The van der Waals surface area contributed by atoms with Crippen LogP contribution >= 0.6 is 0 Å². The normalized spacial score (nSPS) is 44.7. The smallest absolute Gasteiger partial charge is 0.333 e. The first kappa shape index (κ1) is 33.3. The van der Waals surface area contributed by atoms with Crippen molar-refractivity contribution in [2.45, 2.75) is 71.6 Å². The number of allylic oxidation sites excluding steroid dienone is 2. The molecule has 8 aliphatic carbocycles. The number of rotatable bonds is 12. The molecule has 0 heterocycles. The summed E-state index contributed by atoms with van der Waals surface area (Å²) >= 11 is 0. The summed E-state index contributed by atoms with van der Waals surface area (Å²) in [6, 6.07) is 0. The second-order valence-corrected chi connectivity index (χ2v) is 17.6. The standard InChI is InChI=1S/C41H54O8/c1-5-36(42)46-16-22-7-30-25-12-28(33(14-25)34(30)9-22)19-49-40(44)37-26-6-21(4)29(15-26)38(37)41(45)47-17-23-8-31-24-11-27(18-48-39(43)20(2)3)32(13-24)35(31)10-23/h5-6,22-35,37-38H,1-2,7-19H2,3-4H3/t22?,23?,24?,25?,26?,27?,28?,29?,30-,31-,32?,33?,34-,35-,37?,38?/m0/s1. The zero-order valence-corrected chi connectivity index (χ0v) is 29.3. The van der Waals surface area contributed by atoms with Crippen LogP contribution in [0.15, 0.2) is 36.5 Å². The Morgan fingerprint density at radius 1 is 0.673 bits per heavy atom. The molecule has 0 aromatic heterocycles. The zero-order valence-electron chi connectivity index (χ0n) is 29.3. The fourth-order valence-electron chi connectivity index (χ4n) is 13.3. The predicted molar refractivity (Wildman–Crippen MR) is 180 cm³/mol. The van der Waals surface area contributed by atoms with Crippen LogP contribution in [0.5, 0.6) is 0 Å². The molecule has 49 heavy (non-hydrogen) atoms. The van der Waals surface area contributed by atoms with Crippen molar-refractivity contribution in [3.05, 3.63) is 36.5 Å². The van der Waals surface area contributed by atoms with Gasteiger partial charge in [-0.2, -0.15) is 0 Å². The third kappa shape index (κ3) is 5.91. The molecule has 0 radical (unpaired) electrons. The summed E-state index contributed by atoms with van der Waals surface area (Å²) in [4.78, 5) is 51.1. The largest absolute Gasteiger partial charge is 0.465 e. The Morgan fingerprint density at radius 3 is 1.80 bits per heavy atom. The van der Waals surface area contributed by atoms with Crippen LogP contribution < -0.4 is 0 Å². The number of ether oxygens (including phenoxy) is 4. The van der Waals surface area contributed by atoms with Crippen molar-refractivity contribution in [3.8, 4) is 0 Å². The van der Waals surface area contributed by atoms with Gasteiger partial charge in [0, 0.05) is 11.6 Å². The number of hydrogen-bond donors (Lipinski definition) is 0. The topological polar surface area (TPSA) is 105 Å². The van der Waals surface area contributed by atoms with Crippen LogP contribution in [0.2, 0.25) is 0 Å². The second-order valence-electron chi connectivity index (χ2n) is 17.6. The van der Waals surface area contributed by atoms with Gasteiger partial charge >= 0.3 is 23.9 Å². The highest BCUT2D eigenvalue weighted by Crippen LogP contribution is 2.63. The van der Waals surface area contributed by atoms with E-state index in [2.05, 4.69) is 26.2 Å². The van der Waals surface area contributed by atoms with E-state index in [1.165, 1.54) is 24.5 Å². The Morgan fingerprint density at radius 2 is 1.20 bits per heavy atom. The summed E-state index contributed by atoms with van der Waals surface area (Å²) in [7, 11) is 0. The van der Waals surface area contributed by atoms with Crippen molar-refractivity contribution in [1.29, 1.82) is 0 Å². The molecule has 16 atom stereocenters. The molecule has 0 N–H and O–H groups in total. The van der Waals surface area contributed by atoms with Crippen molar-refractivity contribution >= 4 is 23.9 Å². The van der Waals surface area contributed by atoms with Crippen molar-refractivity contribution in [2.75, 3.05) is 26.4 Å². The van der Waals surface area contributed by atoms with Gasteiger partial charge in [-0.25, -0.2) is 9.59 Å². The maximum absolute atomic E-state index is 13.8. The van der Waals surface area contributed by atoms with E-state index < -0.39 is 11.8 Å². The Labute approximate surface area is 290 Å². The first-order valence-corrected chi connectivity index (χ1v) is 19.2. The molecule has 8 nitrogen and oxygen atoms in total. The zero-order chi connectivity index (χ0) is 34.1. The molecule has 7 fully saturated rings. The second kappa shape index (κ2) is 13.0. The van der Waals surface area contributed by atoms with E-state index in [0.717, 1.165) is 44.9 Å². The van der Waals surface area contributed by atoms with Crippen LogP contribution in [0.1, 0.15) is 71.6 Å². The highest BCUT2D eigenvalue weighted by molar-refractivity contribution is 5.87. The molecule has 0 aromatic rings. The van der Waals surface area contributed by atoms with Crippen LogP contribution in [0, 0.1) is 94.7 Å². The number of fused-ring (bicyclic) bond motifs is 12. The van der Waals surface area contributed by atoms with Gasteiger partial charge in [0.2, 0.25) is 0 Å². The lowest BCUT2D eigenvalue weighted by Crippen LogP contribution is -2.38. The molecule has 0 saturated heterocycles. The van der Waals surface area contributed by atoms with Crippen molar-refractivity contribution in [1.82, 2.24) is 0 Å². The third-order valence-electron chi connectivity index (χ3n) is 15.1. The first-order chi connectivity index (χ1) is 23.6. The van der Waals surface area contributed by atoms with E-state index in [-0.39, 0.29) is 35.7 Å². The van der Waals surface area contributed by atoms with Gasteiger partial charge in [0.25, 0.3) is 0 Å². The van der Waals surface area contributed by atoms with Gasteiger partial charge < -0.3 is 18.9 Å². The quantitative estimate of drug-likeness (QED) is 0.102. The van der Waals surface area contributed by atoms with Crippen LogP contribution in [-0.2, 0) is 38.1 Å². The highest BCUT2D eigenvalue weighted by Gasteiger charge is 2.59. The lowest BCUT2D eigenvalue weighted by atomic mass is 9.76. The molecule has 12 unspecified atom stereocenters. The van der Waals surface area contributed by atoms with Crippen LogP contribution in [0.4, 0.5) is 0 Å². The summed E-state index contributed by atoms with van der Waals surface area (Å²) in [6.45, 7) is 12.8. The van der Waals surface area contributed by atoms with Gasteiger partial charge in [-0.1, -0.05) is 24.8 Å². The minimum Gasteiger partial charge on any atom is -0.465 e. The van der Waals surface area contributed by atoms with Crippen LogP contribution in [-0.4, -0.2) is 50.3 Å². The van der Waals surface area contributed by atoms with E-state index in [1.54, 1.807) is 6.92 Å². The summed E-state index contributed by atoms with van der Waals surface area (Å²) in [5.74, 6) is 4.82. The average Bonchev–Trinajstić information content (AvgIpc) is 3.93. The Balaban J connectivity index is 0.827. The van der Waals surface area contributed by atoms with Gasteiger partial charge in [0.1, 0.15) is 0 Å². The van der Waals surface area contributed by atoms with Crippen molar-refractivity contribution in [2.24, 2.45) is 94.7 Å². The molecular formula is C41H54O8. The Kier molecular flexibility index (Phi) is 8.83. The minimum absolute atomic E-state index is 0.0469. The molecule has 0 aliphatic heterocycles. The SMILES string of the molecule is C=CC(=O)OCC1C[C@@H]2C3CC(CC3COC(=O)C3C4C=C(C)C(C4)C3C(=O)OCC3C[C@@H]4C5CC(CC5COC(=O)C(=C)C)[C@@H]4C3)[C@@H]2C1. The maximum atomic E-state index is 13.8. The van der Waals surface area contributed by atoms with E-state index in [4.69, 9.17) is 18.9 Å². The molecule has 266 valence electrons. The molecule has 0 amide bonds. The number of esters is 4. The van der Waals surface area contributed by atoms with Crippen molar-refractivity contribution < 1.29 is 38.1 Å². The minimum atomic E-state index is -0.454. The van der Waals surface area contributed by atoms with Gasteiger partial charge in [0.15, 0.2) is 0 Å². The third-order valence-corrected chi connectivity index (χ3v) is 15.1. The fourth-order valence-corrected chi connectivity index (χ4v) is 13.3. The number of carbonyl (C=O) groups excluding carboxylic acids is 4. The molecule has 0 aromatic carbocycles.